The molecule has 4 heteroatoms. The Morgan fingerprint density at radius 2 is 2.27 bits per heavy atom. The summed E-state index contributed by atoms with van der Waals surface area (Å²) in [6, 6.07) is 3.64. The molecule has 1 aromatic heterocycles. The molecule has 0 saturated carbocycles. The number of thioether (sulfide) groups is 1. The summed E-state index contributed by atoms with van der Waals surface area (Å²) in [7, 11) is 0. The first-order valence-electron chi connectivity index (χ1n) is 3.45. The lowest BCUT2D eigenvalue weighted by atomic mass is 10.6. The Morgan fingerprint density at radius 3 is 2.82 bits per heavy atom. The standard InChI is InChI=1S/C7H9ClN2S/c1-2-5-11-7-4-3-6(8)9-10-7/h3-4H,2,5H2,1H3. The molecule has 1 aromatic rings. The topological polar surface area (TPSA) is 25.8 Å². The van der Waals surface area contributed by atoms with Crippen molar-refractivity contribution in [3.8, 4) is 0 Å². The van der Waals surface area contributed by atoms with Crippen molar-refractivity contribution in [3.05, 3.63) is 17.3 Å². The van der Waals surface area contributed by atoms with Gasteiger partial charge in [-0.1, -0.05) is 18.5 Å². The molecule has 1 heterocycles. The minimum absolute atomic E-state index is 0.450. The molecular weight excluding hydrogens is 180 g/mol. The predicted molar refractivity (Wildman–Crippen MR) is 48.1 cm³/mol. The Hall–Kier alpha value is -0.280. The third kappa shape index (κ3) is 3.08. The lowest BCUT2D eigenvalue weighted by molar-refractivity contribution is 0.927. The van der Waals surface area contributed by atoms with Crippen LogP contribution in [0, 0.1) is 0 Å². The molecule has 0 N–H and O–H groups in total. The molecule has 60 valence electrons. The van der Waals surface area contributed by atoms with E-state index in [4.69, 9.17) is 11.6 Å². The lowest BCUT2D eigenvalue weighted by Gasteiger charge is -1.95. The molecule has 0 bridgehead atoms. The van der Waals surface area contributed by atoms with Crippen LogP contribution in [0.5, 0.6) is 0 Å². The van der Waals surface area contributed by atoms with E-state index in [2.05, 4.69) is 17.1 Å². The molecule has 11 heavy (non-hydrogen) atoms. The Morgan fingerprint density at radius 1 is 1.45 bits per heavy atom. The second-order valence-electron chi connectivity index (χ2n) is 2.04. The highest BCUT2D eigenvalue weighted by atomic mass is 35.5. The molecule has 0 radical (unpaired) electrons. The number of rotatable bonds is 3. The first-order chi connectivity index (χ1) is 5.33. The quantitative estimate of drug-likeness (QED) is 0.683. The monoisotopic (exact) mass is 188 g/mol. The molecule has 0 unspecified atom stereocenters. The summed E-state index contributed by atoms with van der Waals surface area (Å²) in [5.41, 5.74) is 0. The average Bonchev–Trinajstić information content (AvgIpc) is 2.04. The van der Waals surface area contributed by atoms with Crippen LogP contribution in [0.2, 0.25) is 5.15 Å². The van der Waals surface area contributed by atoms with E-state index in [0.717, 1.165) is 17.2 Å². The number of hydrogen-bond acceptors (Lipinski definition) is 3. The molecular formula is C7H9ClN2S. The molecule has 1 rings (SSSR count). The normalized spacial score (nSPS) is 10.0. The second kappa shape index (κ2) is 4.57. The van der Waals surface area contributed by atoms with Crippen LogP contribution < -0.4 is 0 Å². The van der Waals surface area contributed by atoms with E-state index < -0.39 is 0 Å². The van der Waals surface area contributed by atoms with Gasteiger partial charge in [0.25, 0.3) is 0 Å². The van der Waals surface area contributed by atoms with Gasteiger partial charge in [-0.25, -0.2) is 0 Å². The van der Waals surface area contributed by atoms with Crippen LogP contribution in [0.3, 0.4) is 0 Å². The molecule has 0 aromatic carbocycles. The summed E-state index contributed by atoms with van der Waals surface area (Å²) in [5, 5.41) is 9.01. The fraction of sp³-hybridized carbons (Fsp3) is 0.429. The van der Waals surface area contributed by atoms with Gasteiger partial charge in [-0.2, -0.15) is 0 Å². The number of aromatic nitrogens is 2. The van der Waals surface area contributed by atoms with Gasteiger partial charge in [-0.15, -0.1) is 22.0 Å². The fourth-order valence-corrected chi connectivity index (χ4v) is 1.36. The van der Waals surface area contributed by atoms with Gasteiger partial charge in [0.1, 0.15) is 5.03 Å². The molecule has 0 amide bonds. The van der Waals surface area contributed by atoms with E-state index in [1.54, 1.807) is 17.8 Å². The summed E-state index contributed by atoms with van der Waals surface area (Å²) in [4.78, 5) is 0. The number of halogens is 1. The number of hydrogen-bond donors (Lipinski definition) is 0. The SMILES string of the molecule is CCCSc1ccc(Cl)nn1. The first kappa shape index (κ1) is 8.81. The van der Waals surface area contributed by atoms with Crippen LogP contribution in [0.1, 0.15) is 13.3 Å². The van der Waals surface area contributed by atoms with Crippen molar-refractivity contribution in [2.75, 3.05) is 5.75 Å². The highest BCUT2D eigenvalue weighted by Crippen LogP contribution is 2.15. The molecule has 0 spiro atoms. The van der Waals surface area contributed by atoms with Crippen LogP contribution in [0.25, 0.3) is 0 Å². The van der Waals surface area contributed by atoms with Crippen molar-refractivity contribution in [2.24, 2.45) is 0 Å². The molecule has 0 saturated heterocycles. The van der Waals surface area contributed by atoms with E-state index in [-0.39, 0.29) is 0 Å². The van der Waals surface area contributed by atoms with Gasteiger partial charge in [-0.3, -0.25) is 0 Å². The van der Waals surface area contributed by atoms with Crippen LogP contribution in [0.4, 0.5) is 0 Å². The average molecular weight is 189 g/mol. The molecule has 2 nitrogen and oxygen atoms in total. The first-order valence-corrected chi connectivity index (χ1v) is 4.81. The van der Waals surface area contributed by atoms with Crippen LogP contribution in [-0.2, 0) is 0 Å². The Bertz CT molecular complexity index is 212. The minimum atomic E-state index is 0.450. The van der Waals surface area contributed by atoms with Gasteiger partial charge in [0.15, 0.2) is 5.15 Å². The minimum Gasteiger partial charge on any atom is -0.143 e. The van der Waals surface area contributed by atoms with Crippen LogP contribution in [0.15, 0.2) is 17.2 Å². The zero-order chi connectivity index (χ0) is 8.10. The summed E-state index contributed by atoms with van der Waals surface area (Å²) in [6.45, 7) is 2.14. The lowest BCUT2D eigenvalue weighted by Crippen LogP contribution is -1.85. The van der Waals surface area contributed by atoms with Crippen molar-refractivity contribution in [2.45, 2.75) is 18.4 Å². The maximum Gasteiger partial charge on any atom is 0.151 e. The predicted octanol–water partition coefficient (Wildman–Crippen LogP) is 2.63. The smallest absolute Gasteiger partial charge is 0.143 e. The Kier molecular flexibility index (Phi) is 3.66. The maximum absolute atomic E-state index is 5.56. The number of nitrogens with zero attached hydrogens (tertiary/aromatic N) is 2. The van der Waals surface area contributed by atoms with E-state index in [0.29, 0.717) is 5.15 Å². The molecule has 0 fully saturated rings. The zero-order valence-electron chi connectivity index (χ0n) is 6.25. The van der Waals surface area contributed by atoms with Crippen molar-refractivity contribution in [1.29, 1.82) is 0 Å². The molecule has 0 atom stereocenters. The van der Waals surface area contributed by atoms with Crippen molar-refractivity contribution >= 4 is 23.4 Å². The second-order valence-corrected chi connectivity index (χ2v) is 3.55. The van der Waals surface area contributed by atoms with Crippen molar-refractivity contribution in [1.82, 2.24) is 10.2 Å². The summed E-state index contributed by atoms with van der Waals surface area (Å²) < 4.78 is 0. The van der Waals surface area contributed by atoms with Gasteiger partial charge in [-0.05, 0) is 24.3 Å². The van der Waals surface area contributed by atoms with E-state index >= 15 is 0 Å². The van der Waals surface area contributed by atoms with Crippen LogP contribution in [-0.4, -0.2) is 16.0 Å². The highest BCUT2D eigenvalue weighted by molar-refractivity contribution is 7.99. The largest absolute Gasteiger partial charge is 0.151 e. The maximum atomic E-state index is 5.56. The van der Waals surface area contributed by atoms with Gasteiger partial charge in [0.05, 0.1) is 0 Å². The Balaban J connectivity index is 2.52. The Labute approximate surface area is 75.4 Å². The van der Waals surface area contributed by atoms with Gasteiger partial charge >= 0.3 is 0 Å². The van der Waals surface area contributed by atoms with Crippen molar-refractivity contribution in [3.63, 3.8) is 0 Å². The molecule has 0 aliphatic heterocycles. The fourth-order valence-electron chi connectivity index (χ4n) is 0.587. The van der Waals surface area contributed by atoms with E-state index in [1.165, 1.54) is 0 Å². The van der Waals surface area contributed by atoms with E-state index in [1.807, 2.05) is 6.07 Å². The van der Waals surface area contributed by atoms with Gasteiger partial charge in [0, 0.05) is 0 Å². The third-order valence-corrected chi connectivity index (χ3v) is 2.39. The molecule has 0 aliphatic carbocycles. The molecule has 0 aliphatic rings. The van der Waals surface area contributed by atoms with Gasteiger partial charge in [0.2, 0.25) is 0 Å². The summed E-state index contributed by atoms with van der Waals surface area (Å²) in [5.74, 6) is 1.08. The van der Waals surface area contributed by atoms with Gasteiger partial charge < -0.3 is 0 Å². The van der Waals surface area contributed by atoms with Crippen LogP contribution >= 0.6 is 23.4 Å². The summed E-state index contributed by atoms with van der Waals surface area (Å²) in [6.07, 6.45) is 1.15. The summed E-state index contributed by atoms with van der Waals surface area (Å²) >= 11 is 7.26. The highest BCUT2D eigenvalue weighted by Gasteiger charge is 1.94. The van der Waals surface area contributed by atoms with E-state index in [9.17, 15) is 0 Å². The van der Waals surface area contributed by atoms with Crippen molar-refractivity contribution < 1.29 is 0 Å². The third-order valence-electron chi connectivity index (χ3n) is 1.06. The zero-order valence-corrected chi connectivity index (χ0v) is 7.82.